The molecule has 6 heteroatoms. The van der Waals surface area contributed by atoms with E-state index in [9.17, 15) is 9.18 Å². The Hall–Kier alpha value is -2.37. The largest absolute Gasteiger partial charge is 0.347 e. The van der Waals surface area contributed by atoms with Gasteiger partial charge in [-0.15, -0.1) is 0 Å². The number of piperidine rings is 1. The maximum Gasteiger partial charge on any atom is 0.318 e. The number of H-pyrrole nitrogens is 1. The Bertz CT molecular complexity index is 727. The second-order valence-electron chi connectivity index (χ2n) is 7.05. The van der Waals surface area contributed by atoms with Crippen LogP contribution in [0.25, 0.3) is 0 Å². The van der Waals surface area contributed by atoms with Crippen LogP contribution >= 0.6 is 0 Å². The summed E-state index contributed by atoms with van der Waals surface area (Å²) in [5.74, 6) is 1.00. The van der Waals surface area contributed by atoms with Gasteiger partial charge in [0, 0.05) is 25.0 Å². The molecule has 1 aromatic heterocycles. The van der Waals surface area contributed by atoms with Crippen molar-refractivity contribution in [3.63, 3.8) is 0 Å². The quantitative estimate of drug-likeness (QED) is 0.893. The zero-order chi connectivity index (χ0) is 17.2. The van der Waals surface area contributed by atoms with Crippen molar-refractivity contribution in [2.24, 2.45) is 0 Å². The number of amides is 2. The molecule has 5 nitrogen and oxygen atoms in total. The molecule has 1 saturated carbocycles. The van der Waals surface area contributed by atoms with Crippen LogP contribution in [0.5, 0.6) is 0 Å². The fourth-order valence-corrected chi connectivity index (χ4v) is 3.94. The number of carbonyl (C=O) groups excluding carboxylic acids is 1. The Morgan fingerprint density at radius 2 is 2.20 bits per heavy atom. The van der Waals surface area contributed by atoms with Crippen LogP contribution in [0.1, 0.15) is 55.5 Å². The number of likely N-dealkylation sites (tertiary alicyclic amines) is 1. The standard InChI is InChI=1S/C19H23FN4O/c20-15-5-3-4-13(10-15)14-11-16(12-14)23-19(25)24-9-2-1-6-17(24)18-21-7-8-22-18/h3-5,7-8,10,14,16-17H,1-2,6,9,11-12H2,(H,21,22)(H,23,25). The number of halogens is 1. The van der Waals surface area contributed by atoms with Crippen molar-refractivity contribution in [3.8, 4) is 0 Å². The van der Waals surface area contributed by atoms with Crippen molar-refractivity contribution >= 4 is 6.03 Å². The number of urea groups is 1. The van der Waals surface area contributed by atoms with Crippen LogP contribution in [-0.4, -0.2) is 33.5 Å². The summed E-state index contributed by atoms with van der Waals surface area (Å²) in [5, 5.41) is 3.14. The number of imidazole rings is 1. The lowest BCUT2D eigenvalue weighted by atomic mass is 9.76. The predicted octanol–water partition coefficient (Wildman–Crippen LogP) is 3.73. The molecule has 1 aliphatic carbocycles. The third kappa shape index (κ3) is 3.38. The number of carbonyl (C=O) groups is 1. The van der Waals surface area contributed by atoms with Crippen LogP contribution in [0, 0.1) is 5.82 Å². The van der Waals surface area contributed by atoms with Gasteiger partial charge in [0.25, 0.3) is 0 Å². The molecule has 4 rings (SSSR count). The van der Waals surface area contributed by atoms with E-state index in [-0.39, 0.29) is 23.9 Å². The van der Waals surface area contributed by atoms with E-state index in [1.54, 1.807) is 24.5 Å². The van der Waals surface area contributed by atoms with E-state index in [1.165, 1.54) is 6.07 Å². The molecule has 2 heterocycles. The Morgan fingerprint density at radius 1 is 1.32 bits per heavy atom. The van der Waals surface area contributed by atoms with Gasteiger partial charge in [-0.2, -0.15) is 0 Å². The Kier molecular flexibility index (Phi) is 4.42. The Balaban J connectivity index is 1.34. The second-order valence-corrected chi connectivity index (χ2v) is 7.05. The monoisotopic (exact) mass is 342 g/mol. The fraction of sp³-hybridized carbons (Fsp3) is 0.474. The molecule has 0 spiro atoms. The van der Waals surface area contributed by atoms with Crippen molar-refractivity contribution in [1.29, 1.82) is 0 Å². The highest BCUT2D eigenvalue weighted by atomic mass is 19.1. The zero-order valence-corrected chi connectivity index (χ0v) is 14.1. The summed E-state index contributed by atoms with van der Waals surface area (Å²) >= 11 is 0. The van der Waals surface area contributed by atoms with Crippen molar-refractivity contribution in [3.05, 3.63) is 53.9 Å². The molecule has 2 aliphatic rings. The van der Waals surface area contributed by atoms with Crippen LogP contribution < -0.4 is 5.32 Å². The van der Waals surface area contributed by atoms with Gasteiger partial charge in [-0.1, -0.05) is 12.1 Å². The van der Waals surface area contributed by atoms with E-state index in [2.05, 4.69) is 15.3 Å². The summed E-state index contributed by atoms with van der Waals surface area (Å²) in [6.07, 6.45) is 8.35. The number of aromatic nitrogens is 2. The van der Waals surface area contributed by atoms with Gasteiger partial charge in [0.05, 0.1) is 6.04 Å². The topological polar surface area (TPSA) is 61.0 Å². The average Bonchev–Trinajstić information content (AvgIpc) is 3.12. The zero-order valence-electron chi connectivity index (χ0n) is 14.1. The molecule has 0 bridgehead atoms. The van der Waals surface area contributed by atoms with Crippen molar-refractivity contribution in [2.75, 3.05) is 6.54 Å². The highest BCUT2D eigenvalue weighted by Gasteiger charge is 2.35. The summed E-state index contributed by atoms with van der Waals surface area (Å²) in [4.78, 5) is 22.1. The number of aromatic amines is 1. The second kappa shape index (κ2) is 6.86. The van der Waals surface area contributed by atoms with Crippen LogP contribution in [-0.2, 0) is 0 Å². The number of rotatable bonds is 3. The normalized spacial score (nSPS) is 26.1. The minimum absolute atomic E-state index is 0.0104. The molecule has 1 unspecified atom stereocenters. The van der Waals surface area contributed by atoms with Gasteiger partial charge in [-0.3, -0.25) is 0 Å². The fourth-order valence-electron chi connectivity index (χ4n) is 3.94. The van der Waals surface area contributed by atoms with Gasteiger partial charge >= 0.3 is 6.03 Å². The molecule has 1 aromatic carbocycles. The minimum atomic E-state index is -0.195. The molecule has 2 aromatic rings. The van der Waals surface area contributed by atoms with E-state index >= 15 is 0 Å². The molecular weight excluding hydrogens is 319 g/mol. The van der Waals surface area contributed by atoms with E-state index in [4.69, 9.17) is 0 Å². The maximum absolute atomic E-state index is 13.3. The molecular formula is C19H23FN4O. The van der Waals surface area contributed by atoms with Crippen molar-refractivity contribution in [2.45, 2.75) is 50.1 Å². The minimum Gasteiger partial charge on any atom is -0.347 e. The third-order valence-electron chi connectivity index (χ3n) is 5.38. The molecule has 25 heavy (non-hydrogen) atoms. The number of benzene rings is 1. The number of hydrogen-bond donors (Lipinski definition) is 2. The SMILES string of the molecule is O=C(NC1CC(c2cccc(F)c2)C1)N1CCCCC1c1ncc[nH]1. The average molecular weight is 342 g/mol. The molecule has 1 aliphatic heterocycles. The van der Waals surface area contributed by atoms with Gasteiger partial charge in [0.2, 0.25) is 0 Å². The number of nitrogens with zero attached hydrogens (tertiary/aromatic N) is 2. The molecule has 2 fully saturated rings. The highest BCUT2D eigenvalue weighted by molar-refractivity contribution is 5.75. The van der Waals surface area contributed by atoms with Gasteiger partial charge in [-0.25, -0.2) is 14.2 Å². The van der Waals surface area contributed by atoms with Crippen LogP contribution in [0.4, 0.5) is 9.18 Å². The summed E-state index contributed by atoms with van der Waals surface area (Å²) in [5.41, 5.74) is 1.02. The number of hydrogen-bond acceptors (Lipinski definition) is 2. The van der Waals surface area contributed by atoms with Crippen LogP contribution in [0.3, 0.4) is 0 Å². The smallest absolute Gasteiger partial charge is 0.318 e. The Labute approximate surface area is 146 Å². The number of nitrogens with one attached hydrogen (secondary N) is 2. The summed E-state index contributed by atoms with van der Waals surface area (Å²) < 4.78 is 13.3. The molecule has 1 atom stereocenters. The van der Waals surface area contributed by atoms with Crippen molar-refractivity contribution < 1.29 is 9.18 Å². The van der Waals surface area contributed by atoms with Gasteiger partial charge in [0.15, 0.2) is 0 Å². The maximum atomic E-state index is 13.3. The first-order chi connectivity index (χ1) is 12.2. The van der Waals surface area contributed by atoms with Gasteiger partial charge < -0.3 is 15.2 Å². The predicted molar refractivity (Wildman–Crippen MR) is 92.6 cm³/mol. The first kappa shape index (κ1) is 16.1. The first-order valence-electron chi connectivity index (χ1n) is 9.02. The van der Waals surface area contributed by atoms with Crippen LogP contribution in [0.15, 0.2) is 36.7 Å². The summed E-state index contributed by atoms with van der Waals surface area (Å²) in [6, 6.07) is 6.96. The molecule has 0 radical (unpaired) electrons. The Morgan fingerprint density at radius 3 is 2.96 bits per heavy atom. The lowest BCUT2D eigenvalue weighted by Gasteiger charge is -2.40. The van der Waals surface area contributed by atoms with E-state index in [1.807, 2.05) is 11.0 Å². The van der Waals surface area contributed by atoms with Crippen molar-refractivity contribution in [1.82, 2.24) is 20.2 Å². The third-order valence-corrected chi connectivity index (χ3v) is 5.38. The molecule has 2 amide bonds. The summed E-state index contributed by atoms with van der Waals surface area (Å²) in [6.45, 7) is 0.761. The molecule has 132 valence electrons. The lowest BCUT2D eigenvalue weighted by Crippen LogP contribution is -2.51. The van der Waals surface area contributed by atoms with Gasteiger partial charge in [-0.05, 0) is 55.7 Å². The first-order valence-corrected chi connectivity index (χ1v) is 9.02. The van der Waals surface area contributed by atoms with E-state index in [0.717, 1.165) is 50.0 Å². The van der Waals surface area contributed by atoms with Gasteiger partial charge in [0.1, 0.15) is 11.6 Å². The highest BCUT2D eigenvalue weighted by Crippen LogP contribution is 2.37. The van der Waals surface area contributed by atoms with E-state index < -0.39 is 0 Å². The summed E-state index contributed by atoms with van der Waals surface area (Å²) in [7, 11) is 0. The lowest BCUT2D eigenvalue weighted by molar-refractivity contribution is 0.138. The van der Waals surface area contributed by atoms with Crippen LogP contribution in [0.2, 0.25) is 0 Å². The molecule has 2 N–H and O–H groups in total. The van der Waals surface area contributed by atoms with E-state index in [0.29, 0.717) is 5.92 Å². The molecule has 1 saturated heterocycles.